The van der Waals surface area contributed by atoms with Crippen LogP contribution in [0, 0.1) is 23.7 Å². The standard InChI is InChI=1S/C12H12O3/c1-2-6-5-7-11-9(15-12(7)14)4-3-8(13)10(6)11/h2-4,6-7,9-11H,1,5H2/t6-,7?,9+,10-,11+/m0/s1. The number of ketones is 1. The Kier molecular flexibility index (Phi) is 1.67. The number of ether oxygens (including phenoxy) is 1. The minimum atomic E-state index is -0.171. The molecule has 1 saturated carbocycles. The van der Waals surface area contributed by atoms with Crippen molar-refractivity contribution in [2.45, 2.75) is 12.5 Å². The Hall–Kier alpha value is -1.38. The van der Waals surface area contributed by atoms with E-state index in [2.05, 4.69) is 6.58 Å². The van der Waals surface area contributed by atoms with Crippen molar-refractivity contribution in [2.75, 3.05) is 0 Å². The van der Waals surface area contributed by atoms with Gasteiger partial charge in [-0.25, -0.2) is 0 Å². The van der Waals surface area contributed by atoms with Gasteiger partial charge in [-0.1, -0.05) is 6.08 Å². The number of esters is 1. The first-order valence-corrected chi connectivity index (χ1v) is 5.27. The number of allylic oxidation sites excluding steroid dienone is 2. The summed E-state index contributed by atoms with van der Waals surface area (Å²) in [6, 6.07) is 0. The summed E-state index contributed by atoms with van der Waals surface area (Å²) in [6.07, 6.45) is 5.65. The van der Waals surface area contributed by atoms with E-state index in [1.165, 1.54) is 0 Å². The zero-order valence-electron chi connectivity index (χ0n) is 8.26. The lowest BCUT2D eigenvalue weighted by Crippen LogP contribution is -2.33. The van der Waals surface area contributed by atoms with Gasteiger partial charge in [0.15, 0.2) is 5.78 Å². The van der Waals surface area contributed by atoms with Crippen LogP contribution in [0.1, 0.15) is 6.42 Å². The fourth-order valence-electron chi connectivity index (χ4n) is 3.23. The molecule has 3 nitrogen and oxygen atoms in total. The Bertz CT molecular complexity index is 382. The normalized spacial score (nSPS) is 46.5. The summed E-state index contributed by atoms with van der Waals surface area (Å²) >= 11 is 0. The number of hydrogen-bond donors (Lipinski definition) is 0. The predicted molar refractivity (Wildman–Crippen MR) is 52.8 cm³/mol. The van der Waals surface area contributed by atoms with Crippen LogP contribution in [0.15, 0.2) is 24.8 Å². The first kappa shape index (κ1) is 8.89. The molecule has 1 aliphatic heterocycles. The van der Waals surface area contributed by atoms with Crippen LogP contribution in [-0.4, -0.2) is 17.9 Å². The van der Waals surface area contributed by atoms with E-state index >= 15 is 0 Å². The van der Waals surface area contributed by atoms with E-state index in [0.29, 0.717) is 0 Å². The molecule has 3 heteroatoms. The van der Waals surface area contributed by atoms with Gasteiger partial charge < -0.3 is 4.74 Å². The second-order valence-corrected chi connectivity index (χ2v) is 4.51. The Balaban J connectivity index is 2.06. The average molecular weight is 204 g/mol. The molecule has 2 aliphatic carbocycles. The maximum absolute atomic E-state index is 11.8. The van der Waals surface area contributed by atoms with Gasteiger partial charge >= 0.3 is 5.97 Å². The molecular formula is C12H12O3. The van der Waals surface area contributed by atoms with Crippen LogP contribution >= 0.6 is 0 Å². The summed E-state index contributed by atoms with van der Waals surface area (Å²) in [7, 11) is 0. The van der Waals surface area contributed by atoms with Crippen LogP contribution in [0.5, 0.6) is 0 Å². The van der Waals surface area contributed by atoms with Gasteiger partial charge in [0.05, 0.1) is 5.92 Å². The van der Waals surface area contributed by atoms with Gasteiger partial charge in [0.2, 0.25) is 0 Å². The van der Waals surface area contributed by atoms with Crippen molar-refractivity contribution in [1.29, 1.82) is 0 Å². The molecule has 1 heterocycles. The highest BCUT2D eigenvalue weighted by Gasteiger charge is 2.57. The molecule has 0 aromatic rings. The number of rotatable bonds is 1. The molecule has 3 rings (SSSR count). The minimum absolute atomic E-state index is 0.0676. The topological polar surface area (TPSA) is 43.4 Å². The van der Waals surface area contributed by atoms with Gasteiger partial charge in [0, 0.05) is 11.8 Å². The van der Waals surface area contributed by atoms with Crippen LogP contribution in [0.3, 0.4) is 0 Å². The van der Waals surface area contributed by atoms with Crippen LogP contribution in [0.2, 0.25) is 0 Å². The van der Waals surface area contributed by atoms with Gasteiger partial charge in [-0.2, -0.15) is 0 Å². The SMILES string of the molecule is C=C[C@H]1CC2C(=O)O[C@@H]3C=CC(=O)[C@H]1[C@H]23. The molecule has 0 bridgehead atoms. The van der Waals surface area contributed by atoms with E-state index in [-0.39, 0.29) is 41.5 Å². The van der Waals surface area contributed by atoms with Gasteiger partial charge in [-0.3, -0.25) is 9.59 Å². The van der Waals surface area contributed by atoms with E-state index < -0.39 is 0 Å². The molecule has 1 unspecified atom stereocenters. The van der Waals surface area contributed by atoms with Gasteiger partial charge in [-0.05, 0) is 24.5 Å². The van der Waals surface area contributed by atoms with Crippen molar-refractivity contribution in [3.8, 4) is 0 Å². The molecule has 0 N–H and O–H groups in total. The smallest absolute Gasteiger partial charge is 0.310 e. The van der Waals surface area contributed by atoms with E-state index in [9.17, 15) is 9.59 Å². The molecule has 0 amide bonds. The molecular weight excluding hydrogens is 192 g/mol. The van der Waals surface area contributed by atoms with Crippen molar-refractivity contribution in [3.05, 3.63) is 24.8 Å². The van der Waals surface area contributed by atoms with Crippen LogP contribution in [-0.2, 0) is 14.3 Å². The molecule has 3 aliphatic rings. The van der Waals surface area contributed by atoms with Gasteiger partial charge in [0.1, 0.15) is 6.10 Å². The highest BCUT2D eigenvalue weighted by Crippen LogP contribution is 2.51. The maximum atomic E-state index is 11.8. The van der Waals surface area contributed by atoms with Crippen molar-refractivity contribution >= 4 is 11.8 Å². The molecule has 1 saturated heterocycles. The highest BCUT2D eigenvalue weighted by atomic mass is 16.6. The van der Waals surface area contributed by atoms with E-state index in [1.807, 2.05) is 6.08 Å². The third-order valence-electron chi connectivity index (χ3n) is 3.88. The lowest BCUT2D eigenvalue weighted by molar-refractivity contribution is -0.143. The lowest BCUT2D eigenvalue weighted by Gasteiger charge is -2.25. The highest BCUT2D eigenvalue weighted by molar-refractivity contribution is 5.95. The molecule has 15 heavy (non-hydrogen) atoms. The molecule has 78 valence electrons. The van der Waals surface area contributed by atoms with Gasteiger partial charge in [-0.15, -0.1) is 6.58 Å². The van der Waals surface area contributed by atoms with Crippen molar-refractivity contribution in [2.24, 2.45) is 23.7 Å². The maximum Gasteiger partial charge on any atom is 0.310 e. The molecule has 0 spiro atoms. The third-order valence-corrected chi connectivity index (χ3v) is 3.88. The molecule has 2 fully saturated rings. The van der Waals surface area contributed by atoms with Crippen molar-refractivity contribution in [3.63, 3.8) is 0 Å². The number of carbonyl (C=O) groups is 2. The summed E-state index contributed by atoms with van der Waals surface area (Å²) in [5, 5.41) is 0. The quantitative estimate of drug-likeness (QED) is 0.474. The van der Waals surface area contributed by atoms with Crippen LogP contribution < -0.4 is 0 Å². The molecule has 0 aromatic heterocycles. The first-order valence-electron chi connectivity index (χ1n) is 5.27. The lowest BCUT2D eigenvalue weighted by atomic mass is 9.78. The largest absolute Gasteiger partial charge is 0.458 e. The number of carbonyl (C=O) groups excluding carboxylic acids is 2. The predicted octanol–water partition coefficient (Wildman–Crippen LogP) is 1.11. The fraction of sp³-hybridized carbons (Fsp3) is 0.500. The zero-order chi connectivity index (χ0) is 10.6. The average Bonchev–Trinajstić information content (AvgIpc) is 2.74. The Morgan fingerprint density at radius 1 is 1.47 bits per heavy atom. The monoisotopic (exact) mass is 204 g/mol. The second-order valence-electron chi connectivity index (χ2n) is 4.51. The zero-order valence-corrected chi connectivity index (χ0v) is 8.26. The first-order chi connectivity index (χ1) is 7.22. The summed E-state index contributed by atoms with van der Waals surface area (Å²) in [5.41, 5.74) is 0. The Labute approximate surface area is 87.8 Å². The third kappa shape index (κ3) is 1.01. The van der Waals surface area contributed by atoms with Crippen LogP contribution in [0.4, 0.5) is 0 Å². The second kappa shape index (κ2) is 2.81. The summed E-state index contributed by atoms with van der Waals surface area (Å²) < 4.78 is 5.23. The summed E-state index contributed by atoms with van der Waals surface area (Å²) in [6.45, 7) is 3.75. The van der Waals surface area contributed by atoms with Crippen molar-refractivity contribution < 1.29 is 14.3 Å². The fourth-order valence-corrected chi connectivity index (χ4v) is 3.23. The summed E-state index contributed by atoms with van der Waals surface area (Å²) in [5.74, 6) is 0.0392. The minimum Gasteiger partial charge on any atom is -0.458 e. The van der Waals surface area contributed by atoms with Crippen molar-refractivity contribution in [1.82, 2.24) is 0 Å². The van der Waals surface area contributed by atoms with E-state index in [0.717, 1.165) is 6.42 Å². The molecule has 5 atom stereocenters. The van der Waals surface area contributed by atoms with E-state index in [4.69, 9.17) is 4.74 Å². The van der Waals surface area contributed by atoms with E-state index in [1.54, 1.807) is 12.2 Å². The number of hydrogen-bond acceptors (Lipinski definition) is 3. The molecule has 0 aromatic carbocycles. The Morgan fingerprint density at radius 3 is 3.00 bits per heavy atom. The van der Waals surface area contributed by atoms with Gasteiger partial charge in [0.25, 0.3) is 0 Å². The van der Waals surface area contributed by atoms with Crippen LogP contribution in [0.25, 0.3) is 0 Å². The molecule has 0 radical (unpaired) electrons. The Morgan fingerprint density at radius 2 is 2.27 bits per heavy atom. The summed E-state index contributed by atoms with van der Waals surface area (Å²) in [4.78, 5) is 23.3.